The summed E-state index contributed by atoms with van der Waals surface area (Å²) in [7, 11) is 0. The largest absolute Gasteiger partial charge is 0.492 e. The van der Waals surface area contributed by atoms with E-state index in [1.807, 2.05) is 57.2 Å². The Morgan fingerprint density at radius 1 is 1.12 bits per heavy atom. The van der Waals surface area contributed by atoms with Crippen LogP contribution in [0.15, 0.2) is 41.5 Å². The smallest absolute Gasteiger partial charge is 0.270 e. The van der Waals surface area contributed by atoms with Crippen molar-refractivity contribution < 1.29 is 19.1 Å². The predicted octanol–water partition coefficient (Wildman–Crippen LogP) is 3.19. The van der Waals surface area contributed by atoms with E-state index in [1.165, 1.54) is 18.9 Å². The highest BCUT2D eigenvalue weighted by Crippen LogP contribution is 2.55. The number of amidine groups is 1. The normalized spacial score (nSPS) is 19.1. The van der Waals surface area contributed by atoms with E-state index in [9.17, 15) is 14.4 Å². The van der Waals surface area contributed by atoms with Crippen molar-refractivity contribution in [3.63, 3.8) is 0 Å². The Labute approximate surface area is 197 Å². The number of benzene rings is 2. The van der Waals surface area contributed by atoms with E-state index in [0.717, 1.165) is 39.9 Å². The minimum Gasteiger partial charge on any atom is -0.492 e. The molecule has 1 atom stereocenters. The molecule has 3 amide bonds. The number of nitrogens with zero attached hydrogens (tertiary/aromatic N) is 3. The SMILES string of the molecule is CC(=O)NC1=NN(C(C)=O)[C@@]2(S1)C(=O)N(CCOc1cccc(C)c1)c1c(C)cc(C)cc12. The molecule has 0 unspecified atom stereocenters. The minimum atomic E-state index is -1.40. The maximum Gasteiger partial charge on any atom is 0.270 e. The molecule has 9 heteroatoms. The van der Waals surface area contributed by atoms with Crippen molar-refractivity contribution in [3.05, 3.63) is 58.7 Å². The molecule has 33 heavy (non-hydrogen) atoms. The molecular formula is C24H26N4O4S. The zero-order chi connectivity index (χ0) is 23.9. The van der Waals surface area contributed by atoms with Crippen molar-refractivity contribution in [1.29, 1.82) is 0 Å². The van der Waals surface area contributed by atoms with Gasteiger partial charge in [0.05, 0.1) is 12.2 Å². The van der Waals surface area contributed by atoms with E-state index < -0.39 is 4.87 Å². The highest BCUT2D eigenvalue weighted by atomic mass is 32.2. The second kappa shape index (κ2) is 8.55. The molecular weight excluding hydrogens is 440 g/mol. The molecule has 2 aromatic rings. The van der Waals surface area contributed by atoms with Gasteiger partial charge in [-0.2, -0.15) is 5.01 Å². The molecule has 0 radical (unpaired) electrons. The number of fused-ring (bicyclic) bond motifs is 2. The second-order valence-corrected chi connectivity index (χ2v) is 9.44. The van der Waals surface area contributed by atoms with Crippen LogP contribution < -0.4 is 15.0 Å². The topological polar surface area (TPSA) is 91.3 Å². The molecule has 1 N–H and O–H groups in total. The van der Waals surface area contributed by atoms with Crippen molar-refractivity contribution in [2.75, 3.05) is 18.1 Å². The summed E-state index contributed by atoms with van der Waals surface area (Å²) in [4.78, 5) is 38.5. The van der Waals surface area contributed by atoms with Crippen molar-refractivity contribution in [1.82, 2.24) is 10.3 Å². The predicted molar refractivity (Wildman–Crippen MR) is 128 cm³/mol. The average Bonchev–Trinajstić information content (AvgIpc) is 3.20. The zero-order valence-electron chi connectivity index (χ0n) is 19.3. The molecule has 172 valence electrons. The zero-order valence-corrected chi connectivity index (χ0v) is 20.1. The Hall–Kier alpha value is -3.33. The van der Waals surface area contributed by atoms with Gasteiger partial charge in [0.15, 0.2) is 5.17 Å². The third kappa shape index (κ3) is 3.97. The molecule has 2 aliphatic rings. The third-order valence-electron chi connectivity index (χ3n) is 5.50. The molecule has 0 fully saturated rings. The Balaban J connectivity index is 1.71. The van der Waals surface area contributed by atoms with Gasteiger partial charge in [0.25, 0.3) is 5.91 Å². The molecule has 2 heterocycles. The first-order valence-corrected chi connectivity index (χ1v) is 11.4. The summed E-state index contributed by atoms with van der Waals surface area (Å²) < 4.78 is 5.91. The van der Waals surface area contributed by atoms with Crippen LogP contribution in [0.4, 0.5) is 5.69 Å². The summed E-state index contributed by atoms with van der Waals surface area (Å²) in [5.74, 6) is -0.270. The highest BCUT2D eigenvalue weighted by Gasteiger charge is 2.61. The Kier molecular flexibility index (Phi) is 5.92. The lowest BCUT2D eigenvalue weighted by atomic mass is 10.0. The molecule has 8 nitrogen and oxygen atoms in total. The van der Waals surface area contributed by atoms with Crippen LogP contribution in [0.25, 0.3) is 0 Å². The highest BCUT2D eigenvalue weighted by molar-refractivity contribution is 8.15. The fourth-order valence-corrected chi connectivity index (χ4v) is 5.63. The number of rotatable bonds is 4. The molecule has 4 rings (SSSR count). The lowest BCUT2D eigenvalue weighted by Crippen LogP contribution is -2.49. The van der Waals surface area contributed by atoms with Crippen LogP contribution in [0.5, 0.6) is 5.75 Å². The number of hydrazone groups is 1. The number of hydrogen-bond donors (Lipinski definition) is 1. The van der Waals surface area contributed by atoms with Crippen molar-refractivity contribution >= 4 is 40.3 Å². The fraction of sp³-hybridized carbons (Fsp3) is 0.333. The maximum absolute atomic E-state index is 14.0. The number of aryl methyl sites for hydroxylation is 3. The average molecular weight is 467 g/mol. The van der Waals surface area contributed by atoms with Crippen LogP contribution >= 0.6 is 11.8 Å². The summed E-state index contributed by atoms with van der Waals surface area (Å²) >= 11 is 1.08. The number of nitrogens with one attached hydrogen (secondary N) is 1. The van der Waals surface area contributed by atoms with Gasteiger partial charge in [-0.05, 0) is 55.8 Å². The van der Waals surface area contributed by atoms with Crippen LogP contribution in [0, 0.1) is 20.8 Å². The number of hydrogen-bond acceptors (Lipinski definition) is 6. The van der Waals surface area contributed by atoms with Gasteiger partial charge in [0, 0.05) is 19.4 Å². The lowest BCUT2D eigenvalue weighted by Gasteiger charge is -2.29. The van der Waals surface area contributed by atoms with E-state index >= 15 is 0 Å². The van der Waals surface area contributed by atoms with E-state index in [-0.39, 0.29) is 29.5 Å². The van der Waals surface area contributed by atoms with Crippen molar-refractivity contribution in [2.45, 2.75) is 39.5 Å². The number of thioether (sulfide) groups is 1. The number of ether oxygens (including phenoxy) is 1. The summed E-state index contributed by atoms with van der Waals surface area (Å²) in [5, 5.41) is 8.33. The quantitative estimate of drug-likeness (QED) is 0.747. The Bertz CT molecular complexity index is 1190. The van der Waals surface area contributed by atoms with Gasteiger partial charge < -0.3 is 15.0 Å². The van der Waals surface area contributed by atoms with Crippen LogP contribution in [-0.4, -0.2) is 41.0 Å². The second-order valence-electron chi connectivity index (χ2n) is 8.26. The molecule has 0 saturated carbocycles. The number of carbonyl (C=O) groups is 3. The monoisotopic (exact) mass is 466 g/mol. The van der Waals surface area contributed by atoms with Crippen LogP contribution in [0.1, 0.15) is 36.1 Å². The van der Waals surface area contributed by atoms with Gasteiger partial charge in [-0.15, -0.1) is 5.10 Å². The number of carbonyl (C=O) groups excluding carboxylic acids is 3. The van der Waals surface area contributed by atoms with Crippen LogP contribution in [0.2, 0.25) is 0 Å². The Morgan fingerprint density at radius 3 is 2.55 bits per heavy atom. The fourth-order valence-electron chi connectivity index (χ4n) is 4.31. The first-order valence-electron chi connectivity index (χ1n) is 10.6. The summed E-state index contributed by atoms with van der Waals surface area (Å²) in [6.45, 7) is 9.18. The van der Waals surface area contributed by atoms with E-state index in [0.29, 0.717) is 12.1 Å². The maximum atomic E-state index is 14.0. The summed E-state index contributed by atoms with van der Waals surface area (Å²) in [6.07, 6.45) is 0. The van der Waals surface area contributed by atoms with Crippen LogP contribution in [-0.2, 0) is 19.3 Å². The van der Waals surface area contributed by atoms with E-state index in [2.05, 4.69) is 10.4 Å². The summed E-state index contributed by atoms with van der Waals surface area (Å²) in [6, 6.07) is 11.6. The first kappa shape index (κ1) is 22.8. The molecule has 0 aliphatic carbocycles. The van der Waals surface area contributed by atoms with Gasteiger partial charge in [-0.3, -0.25) is 14.4 Å². The Morgan fingerprint density at radius 2 is 1.88 bits per heavy atom. The third-order valence-corrected chi connectivity index (χ3v) is 6.74. The van der Waals surface area contributed by atoms with Gasteiger partial charge in [0.2, 0.25) is 16.7 Å². The molecule has 2 aliphatic heterocycles. The van der Waals surface area contributed by atoms with E-state index in [1.54, 1.807) is 4.90 Å². The van der Waals surface area contributed by atoms with Gasteiger partial charge in [0.1, 0.15) is 12.4 Å². The standard InChI is InChI=1S/C24H26N4O4S/c1-14-7-6-8-19(12-14)32-10-9-27-21-16(3)11-15(2)13-20(21)24(22(27)31)28(18(5)30)26-23(33-24)25-17(4)29/h6-8,11-13H,9-10H2,1-5H3,(H,25,26,29)/t24-/m0/s1. The number of anilines is 1. The van der Waals surface area contributed by atoms with E-state index in [4.69, 9.17) is 4.74 Å². The number of amides is 3. The van der Waals surface area contributed by atoms with Gasteiger partial charge >= 0.3 is 0 Å². The molecule has 0 bridgehead atoms. The van der Waals surface area contributed by atoms with Crippen molar-refractivity contribution in [2.24, 2.45) is 5.10 Å². The molecule has 0 saturated heterocycles. The van der Waals surface area contributed by atoms with Crippen LogP contribution in [0.3, 0.4) is 0 Å². The minimum absolute atomic E-state index is 0.217. The molecule has 0 aromatic heterocycles. The summed E-state index contributed by atoms with van der Waals surface area (Å²) in [5.41, 5.74) is 4.40. The van der Waals surface area contributed by atoms with Gasteiger partial charge in [-0.25, -0.2) is 0 Å². The molecule has 2 aromatic carbocycles. The first-order chi connectivity index (χ1) is 15.6. The molecule has 1 spiro atoms. The van der Waals surface area contributed by atoms with Crippen molar-refractivity contribution in [3.8, 4) is 5.75 Å². The van der Waals surface area contributed by atoms with Gasteiger partial charge in [-0.1, -0.05) is 29.8 Å². The lowest BCUT2D eigenvalue weighted by molar-refractivity contribution is -0.139.